The van der Waals surface area contributed by atoms with Crippen molar-refractivity contribution >= 4 is 0 Å². The summed E-state index contributed by atoms with van der Waals surface area (Å²) in [5.41, 5.74) is 1.24. The van der Waals surface area contributed by atoms with Crippen molar-refractivity contribution in [1.29, 1.82) is 0 Å². The Morgan fingerprint density at radius 1 is 1.46 bits per heavy atom. The van der Waals surface area contributed by atoms with Crippen LogP contribution in [0.1, 0.15) is 26.2 Å². The fraction of sp³-hybridized carbons (Fsp3) is 0.818. The zero-order valence-corrected chi connectivity index (χ0v) is 8.64. The summed E-state index contributed by atoms with van der Waals surface area (Å²) in [7, 11) is 0. The van der Waals surface area contributed by atoms with Crippen LogP contribution in [0.15, 0.2) is 12.2 Å². The lowest BCUT2D eigenvalue weighted by Crippen LogP contribution is -2.21. The van der Waals surface area contributed by atoms with Gasteiger partial charge in [0, 0.05) is 13.2 Å². The lowest BCUT2D eigenvalue weighted by atomic mass is 10.2. The second kappa shape index (κ2) is 6.17. The van der Waals surface area contributed by atoms with Gasteiger partial charge in [0.25, 0.3) is 0 Å². The van der Waals surface area contributed by atoms with Crippen LogP contribution in [0, 0.1) is 5.92 Å². The summed E-state index contributed by atoms with van der Waals surface area (Å²) in [6, 6.07) is 0. The molecule has 13 heavy (non-hydrogen) atoms. The lowest BCUT2D eigenvalue weighted by molar-refractivity contribution is 0.126. The van der Waals surface area contributed by atoms with E-state index in [1.807, 2.05) is 0 Å². The molecule has 0 bridgehead atoms. The normalized spacial score (nSPS) is 16.1. The third-order valence-electron chi connectivity index (χ3n) is 2.20. The maximum Gasteiger partial charge on any atom is 0.0591 e. The molecule has 76 valence electrons. The van der Waals surface area contributed by atoms with E-state index in [-0.39, 0.29) is 0 Å². The molecule has 0 aliphatic heterocycles. The monoisotopic (exact) mass is 183 g/mol. The smallest absolute Gasteiger partial charge is 0.0591 e. The van der Waals surface area contributed by atoms with E-state index in [0.29, 0.717) is 0 Å². The predicted octanol–water partition coefficient (Wildman–Crippen LogP) is 1.97. The van der Waals surface area contributed by atoms with Gasteiger partial charge < -0.3 is 10.1 Å². The molecule has 0 spiro atoms. The Labute approximate surface area is 81.4 Å². The summed E-state index contributed by atoms with van der Waals surface area (Å²) in [6.45, 7) is 9.74. The van der Waals surface area contributed by atoms with Crippen LogP contribution in [-0.4, -0.2) is 26.3 Å². The molecular weight excluding hydrogens is 162 g/mol. The molecule has 0 aromatic carbocycles. The minimum atomic E-state index is 0.854. The fourth-order valence-electron chi connectivity index (χ4n) is 1.11. The third-order valence-corrected chi connectivity index (χ3v) is 2.20. The summed E-state index contributed by atoms with van der Waals surface area (Å²) in [5, 5.41) is 3.33. The van der Waals surface area contributed by atoms with Crippen molar-refractivity contribution in [3.05, 3.63) is 12.2 Å². The molecule has 0 unspecified atom stereocenters. The quantitative estimate of drug-likeness (QED) is 0.459. The Morgan fingerprint density at radius 3 is 2.85 bits per heavy atom. The number of hydrogen-bond acceptors (Lipinski definition) is 2. The topological polar surface area (TPSA) is 21.3 Å². The van der Waals surface area contributed by atoms with Gasteiger partial charge in [-0.2, -0.15) is 0 Å². The summed E-state index contributed by atoms with van der Waals surface area (Å²) in [6.07, 6.45) is 3.83. The number of hydrogen-bond donors (Lipinski definition) is 1. The zero-order chi connectivity index (χ0) is 9.52. The summed E-state index contributed by atoms with van der Waals surface area (Å²) in [5.74, 6) is 0.885. The van der Waals surface area contributed by atoms with Gasteiger partial charge in [0.2, 0.25) is 0 Å². The average Bonchev–Trinajstić information content (AvgIpc) is 2.86. The van der Waals surface area contributed by atoms with Gasteiger partial charge in [0.1, 0.15) is 0 Å². The van der Waals surface area contributed by atoms with Crippen LogP contribution in [0.3, 0.4) is 0 Å². The van der Waals surface area contributed by atoms with Crippen molar-refractivity contribution in [2.45, 2.75) is 26.2 Å². The SMILES string of the molecule is C=C(C)CCNCCOCC1CC1. The highest BCUT2D eigenvalue weighted by Crippen LogP contribution is 2.28. The second-order valence-electron chi connectivity index (χ2n) is 3.98. The van der Waals surface area contributed by atoms with Gasteiger partial charge in [-0.3, -0.25) is 0 Å². The minimum Gasteiger partial charge on any atom is -0.380 e. The van der Waals surface area contributed by atoms with E-state index in [2.05, 4.69) is 18.8 Å². The highest BCUT2D eigenvalue weighted by atomic mass is 16.5. The largest absolute Gasteiger partial charge is 0.380 e. The van der Waals surface area contributed by atoms with Crippen LogP contribution in [0.4, 0.5) is 0 Å². The molecule has 0 saturated heterocycles. The molecule has 1 N–H and O–H groups in total. The second-order valence-corrected chi connectivity index (χ2v) is 3.98. The van der Waals surface area contributed by atoms with E-state index in [4.69, 9.17) is 4.74 Å². The fourth-order valence-corrected chi connectivity index (χ4v) is 1.11. The van der Waals surface area contributed by atoms with Crippen LogP contribution in [0.25, 0.3) is 0 Å². The van der Waals surface area contributed by atoms with Crippen LogP contribution < -0.4 is 5.32 Å². The van der Waals surface area contributed by atoms with E-state index in [1.165, 1.54) is 18.4 Å². The third kappa shape index (κ3) is 6.79. The molecule has 0 aromatic heterocycles. The van der Waals surface area contributed by atoms with Crippen molar-refractivity contribution < 1.29 is 4.74 Å². The summed E-state index contributed by atoms with van der Waals surface area (Å²) < 4.78 is 5.48. The Hall–Kier alpha value is -0.340. The number of ether oxygens (including phenoxy) is 1. The number of nitrogens with one attached hydrogen (secondary N) is 1. The Bertz CT molecular complexity index is 152. The van der Waals surface area contributed by atoms with Crippen molar-refractivity contribution in [1.82, 2.24) is 5.32 Å². The van der Waals surface area contributed by atoms with Gasteiger partial charge >= 0.3 is 0 Å². The van der Waals surface area contributed by atoms with E-state index in [1.54, 1.807) is 0 Å². The molecule has 1 fully saturated rings. The highest BCUT2D eigenvalue weighted by molar-refractivity contribution is 4.88. The minimum absolute atomic E-state index is 0.854. The molecular formula is C11H21NO. The molecule has 0 amide bonds. The Morgan fingerprint density at radius 2 is 2.23 bits per heavy atom. The van der Waals surface area contributed by atoms with Gasteiger partial charge in [-0.05, 0) is 38.6 Å². The van der Waals surface area contributed by atoms with Gasteiger partial charge in [0.15, 0.2) is 0 Å². The molecule has 1 aliphatic carbocycles. The first kappa shape index (κ1) is 10.7. The molecule has 0 heterocycles. The molecule has 0 radical (unpaired) electrons. The molecule has 2 heteroatoms. The number of rotatable bonds is 8. The molecule has 0 atom stereocenters. The average molecular weight is 183 g/mol. The summed E-state index contributed by atoms with van der Waals surface area (Å²) >= 11 is 0. The van der Waals surface area contributed by atoms with E-state index in [0.717, 1.165) is 38.6 Å². The van der Waals surface area contributed by atoms with Crippen LogP contribution in [0.2, 0.25) is 0 Å². The maximum absolute atomic E-state index is 5.48. The Kier molecular flexibility index (Phi) is 5.09. The van der Waals surface area contributed by atoms with Crippen LogP contribution in [-0.2, 0) is 4.74 Å². The predicted molar refractivity (Wildman–Crippen MR) is 55.8 cm³/mol. The van der Waals surface area contributed by atoms with E-state index >= 15 is 0 Å². The molecule has 1 saturated carbocycles. The van der Waals surface area contributed by atoms with Gasteiger partial charge in [-0.1, -0.05) is 5.57 Å². The zero-order valence-electron chi connectivity index (χ0n) is 8.64. The van der Waals surface area contributed by atoms with Crippen molar-refractivity contribution in [3.63, 3.8) is 0 Å². The van der Waals surface area contributed by atoms with Gasteiger partial charge in [-0.15, -0.1) is 6.58 Å². The van der Waals surface area contributed by atoms with Gasteiger partial charge in [0.05, 0.1) is 6.61 Å². The van der Waals surface area contributed by atoms with Crippen LogP contribution in [0.5, 0.6) is 0 Å². The van der Waals surface area contributed by atoms with Gasteiger partial charge in [-0.25, -0.2) is 0 Å². The van der Waals surface area contributed by atoms with Crippen molar-refractivity contribution in [2.24, 2.45) is 5.92 Å². The summed E-state index contributed by atoms with van der Waals surface area (Å²) in [4.78, 5) is 0. The maximum atomic E-state index is 5.48. The van der Waals surface area contributed by atoms with E-state index < -0.39 is 0 Å². The first-order valence-corrected chi connectivity index (χ1v) is 5.22. The van der Waals surface area contributed by atoms with Crippen LogP contribution >= 0.6 is 0 Å². The first-order chi connectivity index (χ1) is 6.29. The first-order valence-electron chi connectivity index (χ1n) is 5.22. The van der Waals surface area contributed by atoms with E-state index in [9.17, 15) is 0 Å². The molecule has 0 aromatic rings. The van der Waals surface area contributed by atoms with Crippen molar-refractivity contribution in [3.8, 4) is 0 Å². The molecule has 1 aliphatic rings. The molecule has 1 rings (SSSR count). The standard InChI is InChI=1S/C11H21NO/c1-10(2)5-6-12-7-8-13-9-11-3-4-11/h11-12H,1,3-9H2,2H3. The Balaban J connectivity index is 1.70. The van der Waals surface area contributed by atoms with Crippen molar-refractivity contribution in [2.75, 3.05) is 26.3 Å². The highest BCUT2D eigenvalue weighted by Gasteiger charge is 2.20. The molecule has 2 nitrogen and oxygen atoms in total. The lowest BCUT2D eigenvalue weighted by Gasteiger charge is -2.05.